The van der Waals surface area contributed by atoms with Gasteiger partial charge in [-0.05, 0) is 37.6 Å². The molecule has 1 atom stereocenters. The number of nitrogens with two attached hydrogens (primary N) is 1. The van der Waals surface area contributed by atoms with Crippen LogP contribution in [0.2, 0.25) is 0 Å². The standard InChI is InChI=1S/C16H18N4O/c1-12(4-5-14-3-2-8-21-14)20-11-18-10-15(20)13-6-7-19-16(17)9-13/h2-3,6-12H,4-5H2,1H3,(H2,17,19). The predicted octanol–water partition coefficient (Wildman–Crippen LogP) is 3.31. The molecule has 5 nitrogen and oxygen atoms in total. The number of rotatable bonds is 5. The molecule has 108 valence electrons. The van der Waals surface area contributed by atoms with Crippen LogP contribution in [0.1, 0.15) is 25.1 Å². The van der Waals surface area contributed by atoms with Gasteiger partial charge in [-0.25, -0.2) is 9.97 Å². The average Bonchev–Trinajstić information content (AvgIpc) is 3.16. The second kappa shape index (κ2) is 5.83. The molecule has 3 aromatic rings. The number of hydrogen-bond donors (Lipinski definition) is 1. The van der Waals surface area contributed by atoms with Gasteiger partial charge in [0.1, 0.15) is 11.6 Å². The molecule has 3 rings (SSSR count). The Kier molecular flexibility index (Phi) is 3.73. The lowest BCUT2D eigenvalue weighted by molar-refractivity contribution is 0.454. The molecular formula is C16H18N4O. The van der Waals surface area contributed by atoms with Gasteiger partial charge in [-0.1, -0.05) is 0 Å². The van der Waals surface area contributed by atoms with Crippen LogP contribution in [0, 0.1) is 0 Å². The van der Waals surface area contributed by atoms with Crippen molar-refractivity contribution >= 4 is 5.82 Å². The number of hydrogen-bond acceptors (Lipinski definition) is 4. The first kappa shape index (κ1) is 13.4. The molecule has 0 fully saturated rings. The van der Waals surface area contributed by atoms with Crippen molar-refractivity contribution in [3.63, 3.8) is 0 Å². The number of nitrogens with zero attached hydrogens (tertiary/aromatic N) is 3. The maximum atomic E-state index is 5.76. The number of aryl methyl sites for hydroxylation is 1. The van der Waals surface area contributed by atoms with Gasteiger partial charge >= 0.3 is 0 Å². The zero-order valence-electron chi connectivity index (χ0n) is 11.9. The van der Waals surface area contributed by atoms with E-state index in [2.05, 4.69) is 21.5 Å². The molecule has 5 heteroatoms. The lowest BCUT2D eigenvalue weighted by atomic mass is 10.1. The Morgan fingerprint density at radius 3 is 3.05 bits per heavy atom. The predicted molar refractivity (Wildman–Crippen MR) is 81.6 cm³/mol. The van der Waals surface area contributed by atoms with Crippen LogP contribution in [-0.2, 0) is 6.42 Å². The maximum Gasteiger partial charge on any atom is 0.123 e. The van der Waals surface area contributed by atoms with Gasteiger partial charge in [0.2, 0.25) is 0 Å². The minimum atomic E-state index is 0.321. The Morgan fingerprint density at radius 1 is 1.38 bits per heavy atom. The van der Waals surface area contributed by atoms with Gasteiger partial charge in [0, 0.05) is 24.2 Å². The second-order valence-corrected chi connectivity index (χ2v) is 5.12. The van der Waals surface area contributed by atoms with E-state index in [1.54, 1.807) is 12.5 Å². The topological polar surface area (TPSA) is 69.9 Å². The Balaban J connectivity index is 1.78. The second-order valence-electron chi connectivity index (χ2n) is 5.12. The summed E-state index contributed by atoms with van der Waals surface area (Å²) >= 11 is 0. The lowest BCUT2D eigenvalue weighted by Crippen LogP contribution is -2.07. The quantitative estimate of drug-likeness (QED) is 0.779. The summed E-state index contributed by atoms with van der Waals surface area (Å²) in [5.41, 5.74) is 7.84. The molecule has 0 aliphatic heterocycles. The average molecular weight is 282 g/mol. The first-order valence-corrected chi connectivity index (χ1v) is 7.00. The molecule has 2 N–H and O–H groups in total. The van der Waals surface area contributed by atoms with Gasteiger partial charge in [0.05, 0.1) is 24.5 Å². The van der Waals surface area contributed by atoms with E-state index in [4.69, 9.17) is 10.2 Å². The molecule has 0 amide bonds. The molecule has 3 heterocycles. The van der Waals surface area contributed by atoms with Crippen LogP contribution in [0.5, 0.6) is 0 Å². The molecule has 3 aromatic heterocycles. The van der Waals surface area contributed by atoms with E-state index in [1.165, 1.54) is 0 Å². The van der Waals surface area contributed by atoms with Crippen molar-refractivity contribution in [1.82, 2.24) is 14.5 Å². The van der Waals surface area contributed by atoms with E-state index in [1.807, 2.05) is 36.8 Å². The van der Waals surface area contributed by atoms with E-state index in [-0.39, 0.29) is 0 Å². The molecule has 1 unspecified atom stereocenters. The molecule has 0 saturated carbocycles. The van der Waals surface area contributed by atoms with Crippen LogP contribution >= 0.6 is 0 Å². The molecular weight excluding hydrogens is 264 g/mol. The highest BCUT2D eigenvalue weighted by Crippen LogP contribution is 2.25. The van der Waals surface area contributed by atoms with Gasteiger partial charge in [0.25, 0.3) is 0 Å². The normalized spacial score (nSPS) is 12.4. The Hall–Kier alpha value is -2.56. The first-order chi connectivity index (χ1) is 10.2. The number of furan rings is 1. The van der Waals surface area contributed by atoms with Gasteiger partial charge in [-0.15, -0.1) is 0 Å². The van der Waals surface area contributed by atoms with Crippen molar-refractivity contribution < 1.29 is 4.42 Å². The summed E-state index contributed by atoms with van der Waals surface area (Å²) in [5.74, 6) is 1.53. The largest absolute Gasteiger partial charge is 0.469 e. The first-order valence-electron chi connectivity index (χ1n) is 7.00. The molecule has 0 spiro atoms. The minimum Gasteiger partial charge on any atom is -0.469 e. The van der Waals surface area contributed by atoms with E-state index in [0.29, 0.717) is 11.9 Å². The van der Waals surface area contributed by atoms with Crippen LogP contribution in [0.15, 0.2) is 53.7 Å². The fourth-order valence-corrected chi connectivity index (χ4v) is 2.43. The number of aromatic nitrogens is 3. The molecule has 0 aliphatic carbocycles. The van der Waals surface area contributed by atoms with Crippen LogP contribution < -0.4 is 5.73 Å². The zero-order chi connectivity index (χ0) is 14.7. The van der Waals surface area contributed by atoms with Gasteiger partial charge in [-0.2, -0.15) is 0 Å². The third kappa shape index (κ3) is 2.97. The summed E-state index contributed by atoms with van der Waals surface area (Å²) in [6.45, 7) is 2.18. The summed E-state index contributed by atoms with van der Waals surface area (Å²) < 4.78 is 7.55. The van der Waals surface area contributed by atoms with E-state index < -0.39 is 0 Å². The SMILES string of the molecule is CC(CCc1ccco1)n1cncc1-c1ccnc(N)c1. The summed E-state index contributed by atoms with van der Waals surface area (Å²) in [6, 6.07) is 8.06. The number of anilines is 1. The zero-order valence-corrected chi connectivity index (χ0v) is 11.9. The van der Waals surface area contributed by atoms with Crippen LogP contribution in [0.3, 0.4) is 0 Å². The van der Waals surface area contributed by atoms with E-state index in [9.17, 15) is 0 Å². The van der Waals surface area contributed by atoms with Gasteiger partial charge < -0.3 is 14.7 Å². The summed E-state index contributed by atoms with van der Waals surface area (Å²) in [4.78, 5) is 8.30. The van der Waals surface area contributed by atoms with Gasteiger partial charge in [0.15, 0.2) is 0 Å². The highest BCUT2D eigenvalue weighted by atomic mass is 16.3. The molecule has 21 heavy (non-hydrogen) atoms. The molecule has 0 saturated heterocycles. The Morgan fingerprint density at radius 2 is 2.29 bits per heavy atom. The maximum absolute atomic E-state index is 5.76. The van der Waals surface area contributed by atoms with Gasteiger partial charge in [-0.3, -0.25) is 0 Å². The lowest BCUT2D eigenvalue weighted by Gasteiger charge is -2.16. The smallest absolute Gasteiger partial charge is 0.123 e. The third-order valence-corrected chi connectivity index (χ3v) is 3.61. The monoisotopic (exact) mass is 282 g/mol. The summed E-state index contributed by atoms with van der Waals surface area (Å²) in [7, 11) is 0. The minimum absolute atomic E-state index is 0.321. The van der Waals surface area contributed by atoms with Crippen LogP contribution in [0.4, 0.5) is 5.82 Å². The fraction of sp³-hybridized carbons (Fsp3) is 0.250. The number of pyridine rings is 1. The van der Waals surface area contributed by atoms with Crippen molar-refractivity contribution in [2.24, 2.45) is 0 Å². The summed E-state index contributed by atoms with van der Waals surface area (Å²) in [5, 5.41) is 0. The van der Waals surface area contributed by atoms with Crippen LogP contribution in [-0.4, -0.2) is 14.5 Å². The fourth-order valence-electron chi connectivity index (χ4n) is 2.43. The molecule has 0 radical (unpaired) electrons. The van der Waals surface area contributed by atoms with Crippen molar-refractivity contribution in [2.45, 2.75) is 25.8 Å². The summed E-state index contributed by atoms with van der Waals surface area (Å²) in [6.07, 6.45) is 9.04. The molecule has 0 aromatic carbocycles. The Bertz CT molecular complexity index is 703. The van der Waals surface area contributed by atoms with Crippen molar-refractivity contribution in [1.29, 1.82) is 0 Å². The van der Waals surface area contributed by atoms with Crippen molar-refractivity contribution in [2.75, 3.05) is 5.73 Å². The highest BCUT2D eigenvalue weighted by Gasteiger charge is 2.12. The van der Waals surface area contributed by atoms with Crippen LogP contribution in [0.25, 0.3) is 11.3 Å². The Labute approximate surface area is 123 Å². The molecule has 0 aliphatic rings. The van der Waals surface area contributed by atoms with Crippen molar-refractivity contribution in [3.8, 4) is 11.3 Å². The number of imidazole rings is 1. The molecule has 0 bridgehead atoms. The number of nitrogen functional groups attached to an aromatic ring is 1. The van der Waals surface area contributed by atoms with E-state index >= 15 is 0 Å². The van der Waals surface area contributed by atoms with E-state index in [0.717, 1.165) is 29.9 Å². The third-order valence-electron chi connectivity index (χ3n) is 3.61. The highest BCUT2D eigenvalue weighted by molar-refractivity contribution is 5.61. The van der Waals surface area contributed by atoms with Crippen molar-refractivity contribution in [3.05, 3.63) is 55.0 Å².